The van der Waals surface area contributed by atoms with Gasteiger partial charge in [0.15, 0.2) is 0 Å². The van der Waals surface area contributed by atoms with Gasteiger partial charge in [0, 0.05) is 18.6 Å². The quantitative estimate of drug-likeness (QED) is 0.646. The molecule has 4 nitrogen and oxygen atoms in total. The summed E-state index contributed by atoms with van der Waals surface area (Å²) in [5.74, 6) is 0.152. The van der Waals surface area contributed by atoms with Gasteiger partial charge in [0.25, 0.3) is 0 Å². The van der Waals surface area contributed by atoms with Crippen LogP contribution >= 0.6 is 0 Å². The molecule has 18 heavy (non-hydrogen) atoms. The molecule has 4 heteroatoms. The van der Waals surface area contributed by atoms with Crippen LogP contribution in [0, 0.1) is 0 Å². The van der Waals surface area contributed by atoms with Crippen LogP contribution in [0.2, 0.25) is 0 Å². The van der Waals surface area contributed by atoms with Gasteiger partial charge in [-0.15, -0.1) is 0 Å². The van der Waals surface area contributed by atoms with Gasteiger partial charge in [0.2, 0.25) is 5.91 Å². The van der Waals surface area contributed by atoms with Crippen molar-refractivity contribution < 1.29 is 4.79 Å². The van der Waals surface area contributed by atoms with E-state index in [0.29, 0.717) is 25.2 Å². The van der Waals surface area contributed by atoms with E-state index >= 15 is 0 Å². The van der Waals surface area contributed by atoms with Gasteiger partial charge >= 0.3 is 0 Å². The third-order valence-electron chi connectivity index (χ3n) is 3.77. The maximum Gasteiger partial charge on any atom is 0.234 e. The lowest BCUT2D eigenvalue weighted by molar-refractivity contribution is -0.123. The number of rotatable bonds is 8. The van der Waals surface area contributed by atoms with Crippen LogP contribution in [0.1, 0.15) is 52.4 Å². The van der Waals surface area contributed by atoms with Gasteiger partial charge in [-0.25, -0.2) is 0 Å². The molecule has 1 amide bonds. The number of nitrogens with zero attached hydrogens (tertiary/aromatic N) is 1. The first-order valence-electron chi connectivity index (χ1n) is 7.40. The van der Waals surface area contributed by atoms with E-state index < -0.39 is 0 Å². The molecule has 1 aliphatic rings. The summed E-state index contributed by atoms with van der Waals surface area (Å²) in [4.78, 5) is 14.1. The smallest absolute Gasteiger partial charge is 0.234 e. The normalized spacial score (nSPS) is 22.1. The molecular weight excluding hydrogens is 226 g/mol. The van der Waals surface area contributed by atoms with Gasteiger partial charge in [0.1, 0.15) is 0 Å². The largest absolute Gasteiger partial charge is 0.353 e. The van der Waals surface area contributed by atoms with Crippen molar-refractivity contribution in [2.75, 3.05) is 19.6 Å². The van der Waals surface area contributed by atoms with Gasteiger partial charge < -0.3 is 11.1 Å². The van der Waals surface area contributed by atoms with Crippen molar-refractivity contribution in [1.29, 1.82) is 0 Å². The number of nitrogens with two attached hydrogens (primary N) is 1. The van der Waals surface area contributed by atoms with E-state index in [-0.39, 0.29) is 5.91 Å². The minimum atomic E-state index is 0.152. The van der Waals surface area contributed by atoms with Crippen molar-refractivity contribution in [1.82, 2.24) is 10.2 Å². The summed E-state index contributed by atoms with van der Waals surface area (Å²) in [5.41, 5.74) is 5.71. The van der Waals surface area contributed by atoms with Crippen LogP contribution in [-0.4, -0.2) is 42.5 Å². The van der Waals surface area contributed by atoms with E-state index in [0.717, 1.165) is 19.4 Å². The molecule has 1 aliphatic heterocycles. The number of carbonyl (C=O) groups is 1. The average molecular weight is 255 g/mol. The maximum absolute atomic E-state index is 11.9. The maximum atomic E-state index is 11.9. The van der Waals surface area contributed by atoms with Gasteiger partial charge in [0.05, 0.1) is 6.54 Å². The number of nitrogens with one attached hydrogen (secondary N) is 1. The van der Waals surface area contributed by atoms with Crippen molar-refractivity contribution in [3.05, 3.63) is 0 Å². The highest BCUT2D eigenvalue weighted by Crippen LogP contribution is 2.15. The lowest BCUT2D eigenvalue weighted by Gasteiger charge is -2.23. The molecular formula is C14H29N3O. The van der Waals surface area contributed by atoms with E-state index in [1.807, 2.05) is 0 Å². The number of amides is 1. The van der Waals surface area contributed by atoms with E-state index in [2.05, 4.69) is 24.1 Å². The minimum absolute atomic E-state index is 0.152. The van der Waals surface area contributed by atoms with Gasteiger partial charge in [-0.2, -0.15) is 0 Å². The lowest BCUT2D eigenvalue weighted by atomic mass is 10.1. The first kappa shape index (κ1) is 15.4. The van der Waals surface area contributed by atoms with Crippen molar-refractivity contribution in [3.63, 3.8) is 0 Å². The molecule has 1 fully saturated rings. The number of likely N-dealkylation sites (tertiary alicyclic amines) is 1. The second-order valence-corrected chi connectivity index (χ2v) is 5.47. The predicted octanol–water partition coefficient (Wildman–Crippen LogP) is 1.49. The highest BCUT2D eigenvalue weighted by atomic mass is 16.2. The number of unbranched alkanes of at least 4 members (excludes halogenated alkanes) is 2. The van der Waals surface area contributed by atoms with Gasteiger partial charge in [-0.05, 0) is 32.7 Å². The van der Waals surface area contributed by atoms with Crippen molar-refractivity contribution >= 4 is 5.91 Å². The second kappa shape index (κ2) is 8.48. The van der Waals surface area contributed by atoms with Crippen molar-refractivity contribution in [2.45, 2.75) is 64.5 Å². The summed E-state index contributed by atoms with van der Waals surface area (Å²) in [7, 11) is 0. The Hall–Kier alpha value is -0.610. The van der Waals surface area contributed by atoms with Crippen LogP contribution in [0.5, 0.6) is 0 Å². The molecule has 3 N–H and O–H groups in total. The number of hydrogen-bond acceptors (Lipinski definition) is 3. The molecule has 0 saturated carbocycles. The van der Waals surface area contributed by atoms with Gasteiger partial charge in [-0.1, -0.05) is 26.2 Å². The zero-order valence-electron chi connectivity index (χ0n) is 12.0. The molecule has 2 unspecified atom stereocenters. The molecule has 0 radical (unpaired) electrons. The molecule has 0 spiro atoms. The predicted molar refractivity (Wildman–Crippen MR) is 75.4 cm³/mol. The molecule has 0 aromatic rings. The van der Waals surface area contributed by atoms with E-state index in [1.165, 1.54) is 25.7 Å². The molecule has 1 saturated heterocycles. The summed E-state index contributed by atoms with van der Waals surface area (Å²) in [6.45, 7) is 6.49. The first-order chi connectivity index (χ1) is 8.67. The van der Waals surface area contributed by atoms with Crippen LogP contribution in [-0.2, 0) is 4.79 Å². The van der Waals surface area contributed by atoms with E-state index in [4.69, 9.17) is 5.73 Å². The monoisotopic (exact) mass is 255 g/mol. The Kier molecular flexibility index (Phi) is 7.28. The third-order valence-corrected chi connectivity index (χ3v) is 3.77. The highest BCUT2D eigenvalue weighted by molar-refractivity contribution is 5.78. The molecule has 0 aromatic carbocycles. The zero-order chi connectivity index (χ0) is 13.4. The minimum Gasteiger partial charge on any atom is -0.353 e. The first-order valence-corrected chi connectivity index (χ1v) is 7.40. The molecule has 106 valence electrons. The number of hydrogen-bond donors (Lipinski definition) is 2. The van der Waals surface area contributed by atoms with Crippen molar-refractivity contribution in [2.24, 2.45) is 5.73 Å². The fraction of sp³-hybridized carbons (Fsp3) is 0.929. The summed E-state index contributed by atoms with van der Waals surface area (Å²) in [6, 6.07) is 0.703. The lowest BCUT2D eigenvalue weighted by Crippen LogP contribution is -2.44. The van der Waals surface area contributed by atoms with Gasteiger partial charge in [-0.3, -0.25) is 9.69 Å². The highest BCUT2D eigenvalue weighted by Gasteiger charge is 2.25. The topological polar surface area (TPSA) is 58.4 Å². The van der Waals surface area contributed by atoms with Crippen molar-refractivity contribution in [3.8, 4) is 0 Å². The third kappa shape index (κ3) is 5.36. The van der Waals surface area contributed by atoms with Crippen LogP contribution < -0.4 is 11.1 Å². The molecule has 0 bridgehead atoms. The summed E-state index contributed by atoms with van der Waals surface area (Å²) >= 11 is 0. The SMILES string of the molecule is CCCCCC(C)NC(=O)CN1CCCC1CN. The standard InChI is InChI=1S/C14H29N3O/c1-3-4-5-7-12(2)16-14(18)11-17-9-6-8-13(17)10-15/h12-13H,3-11,15H2,1-2H3,(H,16,18). The Balaban J connectivity index is 2.20. The fourth-order valence-corrected chi connectivity index (χ4v) is 2.65. The van der Waals surface area contributed by atoms with Crippen LogP contribution in [0.25, 0.3) is 0 Å². The van der Waals surface area contributed by atoms with Crippen LogP contribution in [0.4, 0.5) is 0 Å². The summed E-state index contributed by atoms with van der Waals surface area (Å²) in [6.07, 6.45) is 7.07. The molecule has 0 aromatic heterocycles. The second-order valence-electron chi connectivity index (χ2n) is 5.47. The zero-order valence-corrected chi connectivity index (χ0v) is 12.0. The summed E-state index contributed by atoms with van der Waals surface area (Å²) < 4.78 is 0. The Morgan fingerprint density at radius 2 is 2.28 bits per heavy atom. The Morgan fingerprint density at radius 1 is 1.50 bits per heavy atom. The Labute approximate surface area is 111 Å². The van der Waals surface area contributed by atoms with Crippen LogP contribution in [0.15, 0.2) is 0 Å². The molecule has 0 aliphatic carbocycles. The Bertz CT molecular complexity index is 245. The van der Waals surface area contributed by atoms with E-state index in [1.54, 1.807) is 0 Å². The summed E-state index contributed by atoms with van der Waals surface area (Å²) in [5, 5.41) is 3.09. The average Bonchev–Trinajstić information content (AvgIpc) is 2.76. The fourth-order valence-electron chi connectivity index (χ4n) is 2.65. The van der Waals surface area contributed by atoms with E-state index in [9.17, 15) is 4.79 Å². The molecule has 1 heterocycles. The Morgan fingerprint density at radius 3 is 2.94 bits per heavy atom. The molecule has 1 rings (SSSR count). The molecule has 2 atom stereocenters. The van der Waals surface area contributed by atoms with Crippen LogP contribution in [0.3, 0.4) is 0 Å². The number of carbonyl (C=O) groups excluding carboxylic acids is 1.